The van der Waals surface area contributed by atoms with Crippen molar-refractivity contribution in [2.24, 2.45) is 11.8 Å². The molecule has 1 heterocycles. The van der Waals surface area contributed by atoms with Crippen LogP contribution < -0.4 is 26.6 Å². The van der Waals surface area contributed by atoms with E-state index in [0.717, 1.165) is 47.8 Å². The van der Waals surface area contributed by atoms with E-state index in [-0.39, 0.29) is 55.9 Å². The number of fused-ring (bicyclic) bond motifs is 1. The van der Waals surface area contributed by atoms with Gasteiger partial charge in [-0.2, -0.15) is 0 Å². The molecule has 0 bridgehead atoms. The van der Waals surface area contributed by atoms with Gasteiger partial charge in [-0.15, -0.1) is 5.10 Å². The molecule has 3 unspecified atom stereocenters. The number of rotatable bonds is 25. The number of urea groups is 1. The van der Waals surface area contributed by atoms with Crippen molar-refractivity contribution in [1.82, 2.24) is 41.6 Å². The molecule has 0 radical (unpaired) electrons. The number of amides is 5. The molecule has 0 spiro atoms. The predicted octanol–water partition coefficient (Wildman–Crippen LogP) is 3.17. The molecule has 18 heteroatoms. The van der Waals surface area contributed by atoms with Crippen molar-refractivity contribution < 1.29 is 48.9 Å². The number of aromatic nitrogens is 3. The highest BCUT2D eigenvalue weighted by Gasteiger charge is 2.30. The van der Waals surface area contributed by atoms with Crippen LogP contribution in [0.15, 0.2) is 48.7 Å². The lowest BCUT2D eigenvalue weighted by molar-refractivity contribution is -0.141. The third kappa shape index (κ3) is 15.9. The highest BCUT2D eigenvalue weighted by Crippen LogP contribution is 2.29. The van der Waals surface area contributed by atoms with Crippen LogP contribution in [0.1, 0.15) is 95.2 Å². The molecule has 3 aromatic rings. The molecule has 0 aliphatic heterocycles. The number of hydrogen-bond acceptors (Lipinski definition) is 9. The number of aliphatic carboxylic acids is 3. The van der Waals surface area contributed by atoms with Gasteiger partial charge in [0.15, 0.2) is 0 Å². The number of hydrogen-bond donors (Lipinski definition) is 8. The normalized spacial score (nSPS) is 16.5. The summed E-state index contributed by atoms with van der Waals surface area (Å²) in [6.07, 6.45) is 7.37. The molecule has 1 saturated carbocycles. The molecular formula is C42H58N8O10. The highest BCUT2D eigenvalue weighted by molar-refractivity contribution is 5.89. The molecule has 1 aliphatic carbocycles. The first-order valence-electron chi connectivity index (χ1n) is 20.8. The molecular weight excluding hydrogens is 777 g/mol. The van der Waals surface area contributed by atoms with Gasteiger partial charge in [0.2, 0.25) is 17.7 Å². The Kier molecular flexibility index (Phi) is 18.7. The van der Waals surface area contributed by atoms with Gasteiger partial charge in [-0.1, -0.05) is 54.6 Å². The topological polar surface area (TPSA) is 271 Å². The molecule has 18 nitrogen and oxygen atoms in total. The van der Waals surface area contributed by atoms with Crippen LogP contribution in [-0.4, -0.2) is 103 Å². The number of carboxylic acids is 3. The molecule has 1 fully saturated rings. The van der Waals surface area contributed by atoms with Crippen LogP contribution in [0.25, 0.3) is 10.8 Å². The minimum atomic E-state index is -1.52. The summed E-state index contributed by atoms with van der Waals surface area (Å²) in [5.41, 5.74) is 1.73. The summed E-state index contributed by atoms with van der Waals surface area (Å²) >= 11 is 0. The van der Waals surface area contributed by atoms with E-state index in [0.29, 0.717) is 45.1 Å². The van der Waals surface area contributed by atoms with Crippen LogP contribution in [0.4, 0.5) is 4.79 Å². The van der Waals surface area contributed by atoms with Gasteiger partial charge in [-0.05, 0) is 92.9 Å². The molecule has 60 heavy (non-hydrogen) atoms. The summed E-state index contributed by atoms with van der Waals surface area (Å²) in [4.78, 5) is 86.1. The molecule has 0 saturated heterocycles. The molecule has 8 N–H and O–H groups in total. The van der Waals surface area contributed by atoms with E-state index in [1.165, 1.54) is 0 Å². The predicted molar refractivity (Wildman–Crippen MR) is 220 cm³/mol. The van der Waals surface area contributed by atoms with E-state index in [9.17, 15) is 43.8 Å². The van der Waals surface area contributed by atoms with Crippen molar-refractivity contribution in [3.63, 3.8) is 0 Å². The first kappa shape index (κ1) is 46.6. The number of carbonyl (C=O) groups is 7. The molecule has 4 rings (SSSR count). The summed E-state index contributed by atoms with van der Waals surface area (Å²) in [5, 5.41) is 51.2. The third-order valence-electron chi connectivity index (χ3n) is 10.6. The summed E-state index contributed by atoms with van der Waals surface area (Å²) in [7, 11) is 0. The Balaban J connectivity index is 1.24. The summed E-state index contributed by atoms with van der Waals surface area (Å²) in [6, 6.07) is 8.88. The number of aryl methyl sites for hydroxylation is 2. The molecule has 326 valence electrons. The average molecular weight is 835 g/mol. The van der Waals surface area contributed by atoms with Gasteiger partial charge in [-0.25, -0.2) is 14.4 Å². The van der Waals surface area contributed by atoms with Crippen molar-refractivity contribution >= 4 is 52.4 Å². The second kappa shape index (κ2) is 24.1. The van der Waals surface area contributed by atoms with Gasteiger partial charge in [0.1, 0.15) is 18.1 Å². The quantitative estimate of drug-likeness (QED) is 0.0572. The smallest absolute Gasteiger partial charge is 0.326 e. The van der Waals surface area contributed by atoms with E-state index >= 15 is 0 Å². The number of carboxylic acid groups (broad SMARTS) is 3. The van der Waals surface area contributed by atoms with Gasteiger partial charge in [0.25, 0.3) is 0 Å². The zero-order chi connectivity index (χ0) is 43.4. The van der Waals surface area contributed by atoms with Crippen LogP contribution in [0.2, 0.25) is 0 Å². The molecule has 1 aromatic heterocycles. The highest BCUT2D eigenvalue weighted by atomic mass is 16.4. The van der Waals surface area contributed by atoms with E-state index in [1.807, 2.05) is 53.3 Å². The van der Waals surface area contributed by atoms with Crippen LogP contribution in [-0.2, 0) is 48.2 Å². The van der Waals surface area contributed by atoms with Crippen molar-refractivity contribution in [2.75, 3.05) is 13.1 Å². The van der Waals surface area contributed by atoms with Gasteiger partial charge >= 0.3 is 23.9 Å². The lowest BCUT2D eigenvalue weighted by Gasteiger charge is -2.29. The summed E-state index contributed by atoms with van der Waals surface area (Å²) in [6.45, 7) is 3.59. The second-order valence-electron chi connectivity index (χ2n) is 15.4. The maximum Gasteiger partial charge on any atom is 0.326 e. The fourth-order valence-corrected chi connectivity index (χ4v) is 7.25. The van der Waals surface area contributed by atoms with E-state index in [2.05, 4.69) is 43.8 Å². The van der Waals surface area contributed by atoms with E-state index in [4.69, 9.17) is 5.11 Å². The zero-order valence-electron chi connectivity index (χ0n) is 34.1. The fourth-order valence-electron chi connectivity index (χ4n) is 7.25. The first-order chi connectivity index (χ1) is 28.8. The largest absolute Gasteiger partial charge is 0.481 e. The standard InChI is InChI=1S/C42H58N8O10/c1-2-22-50-26-32(48-49-50)10-7-12-36(51)44-25-27-13-17-30(18-14-27)38(54)45-35(24-28-15-16-29-8-3-4-9-31(29)23-28)39(55)43-21-6-5-11-33(40(56)57)46-42(60)47-34(41(58)59)19-20-37(52)53/h3-4,8-9,15-16,23,26-27,30,33-35H,2,5-7,10-14,17-22,24-25H2,1H3,(H,43,55)(H,44,51)(H,45,54)(H,52,53)(H,56,57)(H,58,59)(H2,46,47,60). The first-order valence-corrected chi connectivity index (χ1v) is 20.8. The lowest BCUT2D eigenvalue weighted by Crippen LogP contribution is -2.51. The van der Waals surface area contributed by atoms with Crippen LogP contribution >= 0.6 is 0 Å². The second-order valence-corrected chi connectivity index (χ2v) is 15.4. The van der Waals surface area contributed by atoms with Crippen LogP contribution in [0.5, 0.6) is 0 Å². The monoisotopic (exact) mass is 834 g/mol. The van der Waals surface area contributed by atoms with E-state index < -0.39 is 54.4 Å². The Bertz CT molecular complexity index is 1930. The maximum atomic E-state index is 13.6. The number of unbranched alkanes of at least 4 members (excludes halogenated alkanes) is 1. The Morgan fingerprint density at radius 3 is 2.17 bits per heavy atom. The van der Waals surface area contributed by atoms with Crippen LogP contribution in [0.3, 0.4) is 0 Å². The number of nitrogens with one attached hydrogen (secondary N) is 5. The maximum absolute atomic E-state index is 13.6. The Morgan fingerprint density at radius 2 is 1.48 bits per heavy atom. The summed E-state index contributed by atoms with van der Waals surface area (Å²) < 4.78 is 1.81. The Hall–Kier alpha value is -6.07. The SMILES string of the molecule is CCCn1cc(CCCC(=O)NCC2CCC(C(=O)NC(Cc3ccc4ccccc4c3)C(=O)NCCCCC(NC(=O)NC(CCC(=O)O)C(=O)O)C(=O)O)CC2)nn1. The Morgan fingerprint density at radius 1 is 0.783 bits per heavy atom. The zero-order valence-corrected chi connectivity index (χ0v) is 34.1. The van der Waals surface area contributed by atoms with Crippen LogP contribution in [0, 0.1) is 11.8 Å². The molecule has 3 atom stereocenters. The fraction of sp³-hybridized carbons (Fsp3) is 0.548. The van der Waals surface area contributed by atoms with Crippen molar-refractivity contribution in [1.29, 1.82) is 0 Å². The third-order valence-corrected chi connectivity index (χ3v) is 10.6. The van der Waals surface area contributed by atoms with Crippen molar-refractivity contribution in [3.05, 3.63) is 59.9 Å². The average Bonchev–Trinajstić information content (AvgIpc) is 3.67. The van der Waals surface area contributed by atoms with Crippen molar-refractivity contribution in [3.8, 4) is 0 Å². The van der Waals surface area contributed by atoms with Gasteiger partial charge < -0.3 is 41.9 Å². The number of benzene rings is 2. The lowest BCUT2D eigenvalue weighted by atomic mass is 9.81. The minimum Gasteiger partial charge on any atom is -0.481 e. The Labute approximate surface area is 348 Å². The van der Waals surface area contributed by atoms with Crippen molar-refractivity contribution in [2.45, 2.75) is 121 Å². The van der Waals surface area contributed by atoms with Gasteiger partial charge in [0.05, 0.1) is 5.69 Å². The number of nitrogens with zero attached hydrogens (tertiary/aromatic N) is 3. The number of carbonyl (C=O) groups excluding carboxylic acids is 4. The molecule has 5 amide bonds. The van der Waals surface area contributed by atoms with E-state index in [1.54, 1.807) is 0 Å². The van der Waals surface area contributed by atoms with Gasteiger partial charge in [-0.3, -0.25) is 23.9 Å². The minimum absolute atomic E-state index is 0.0125. The summed E-state index contributed by atoms with van der Waals surface area (Å²) in [5.74, 6) is -4.71. The molecule has 1 aliphatic rings. The van der Waals surface area contributed by atoms with Gasteiger partial charge in [0, 0.05) is 51.0 Å². The molecule has 2 aromatic carbocycles.